The Morgan fingerprint density at radius 3 is 1.68 bits per heavy atom. The molecule has 4 rings (SSSR count). The molecule has 0 amide bonds. The number of hydroxylamine groups is 2. The van der Waals surface area contributed by atoms with Gasteiger partial charge in [-0.3, -0.25) is 0 Å². The van der Waals surface area contributed by atoms with E-state index in [1.165, 1.54) is 0 Å². The summed E-state index contributed by atoms with van der Waals surface area (Å²) in [4.78, 5) is 13.3. The molecule has 2 aromatic rings. The molecule has 0 spiro atoms. The second-order valence-corrected chi connectivity index (χ2v) is 9.92. The monoisotopic (exact) mass is 512 g/mol. The average molecular weight is 513 g/mol. The van der Waals surface area contributed by atoms with Crippen molar-refractivity contribution in [3.05, 3.63) is 60.2 Å². The number of rotatable bonds is 2. The van der Waals surface area contributed by atoms with Crippen LogP contribution in [-0.4, -0.2) is 67.9 Å². The lowest BCUT2D eigenvalue weighted by atomic mass is 9.97. The predicted molar refractivity (Wildman–Crippen MR) is 134 cm³/mol. The zero-order valence-corrected chi connectivity index (χ0v) is 21.7. The Morgan fingerprint density at radius 2 is 1.24 bits per heavy atom. The van der Waals surface area contributed by atoms with Crippen molar-refractivity contribution in [2.24, 2.45) is 0 Å². The molecule has 37 heavy (non-hydrogen) atoms. The Kier molecular flexibility index (Phi) is 8.26. The number of benzene rings is 2. The van der Waals surface area contributed by atoms with Gasteiger partial charge < -0.3 is 28.4 Å². The normalized spacial score (nSPS) is 20.6. The van der Waals surface area contributed by atoms with E-state index in [2.05, 4.69) is 0 Å². The van der Waals surface area contributed by atoms with Crippen molar-refractivity contribution >= 4 is 5.97 Å². The van der Waals surface area contributed by atoms with E-state index < -0.39 is 23.2 Å². The zero-order valence-electron chi connectivity index (χ0n) is 21.7. The summed E-state index contributed by atoms with van der Waals surface area (Å²) >= 11 is 0. The van der Waals surface area contributed by atoms with E-state index in [-0.39, 0.29) is 13.2 Å². The lowest BCUT2D eigenvalue weighted by molar-refractivity contribution is -0.239. The fourth-order valence-electron chi connectivity index (χ4n) is 4.32. The number of carbonyl (C=O) groups is 1. The average Bonchev–Trinajstić information content (AvgIpc) is 3.04. The molecule has 9 nitrogen and oxygen atoms in total. The summed E-state index contributed by atoms with van der Waals surface area (Å²) in [5.41, 5.74) is -1.57. The first kappa shape index (κ1) is 26.8. The SMILES string of the molecule is CC1(C)C=C(C(=O)OC2COc3ccccc3OCCOCCOc3ccccc3OC2)C(C)(C)N1[O]. The van der Waals surface area contributed by atoms with Crippen LogP contribution in [0.1, 0.15) is 27.7 Å². The van der Waals surface area contributed by atoms with Crippen LogP contribution < -0.4 is 18.9 Å². The number of nitrogens with zero attached hydrogens (tertiary/aromatic N) is 1. The van der Waals surface area contributed by atoms with Gasteiger partial charge in [0.1, 0.15) is 26.4 Å². The van der Waals surface area contributed by atoms with Crippen molar-refractivity contribution in [3.8, 4) is 23.0 Å². The highest BCUT2D eigenvalue weighted by molar-refractivity contribution is 5.92. The first-order valence-corrected chi connectivity index (χ1v) is 12.4. The van der Waals surface area contributed by atoms with Gasteiger partial charge in [0.05, 0.1) is 29.9 Å². The van der Waals surface area contributed by atoms with Crippen LogP contribution in [0.15, 0.2) is 60.2 Å². The highest BCUT2D eigenvalue weighted by Gasteiger charge is 2.49. The Bertz CT molecular complexity index is 1060. The van der Waals surface area contributed by atoms with Crippen LogP contribution in [-0.2, 0) is 19.5 Å². The van der Waals surface area contributed by atoms with Gasteiger partial charge in [0.25, 0.3) is 0 Å². The second kappa shape index (κ2) is 11.4. The number of ether oxygens (including phenoxy) is 6. The van der Waals surface area contributed by atoms with Crippen molar-refractivity contribution in [2.75, 3.05) is 39.6 Å². The molecule has 1 radical (unpaired) electrons. The largest absolute Gasteiger partial charge is 0.487 e. The van der Waals surface area contributed by atoms with Crippen LogP contribution in [0.2, 0.25) is 0 Å². The molecule has 0 unspecified atom stereocenters. The molecule has 0 saturated carbocycles. The molecule has 0 atom stereocenters. The molecule has 2 heterocycles. The third-order valence-electron chi connectivity index (χ3n) is 6.20. The van der Waals surface area contributed by atoms with Gasteiger partial charge in [-0.05, 0) is 58.0 Å². The third kappa shape index (κ3) is 6.36. The van der Waals surface area contributed by atoms with E-state index in [1.54, 1.807) is 58.0 Å². The van der Waals surface area contributed by atoms with E-state index in [4.69, 9.17) is 28.4 Å². The fraction of sp³-hybridized carbons (Fsp3) is 0.464. The molecule has 9 heteroatoms. The van der Waals surface area contributed by atoms with E-state index in [0.717, 1.165) is 5.06 Å². The highest BCUT2D eigenvalue weighted by Crippen LogP contribution is 2.39. The number of carbonyl (C=O) groups excluding carboxylic acids is 1. The lowest BCUT2D eigenvalue weighted by Crippen LogP contribution is -2.48. The first-order valence-electron chi connectivity index (χ1n) is 12.4. The van der Waals surface area contributed by atoms with Crippen molar-refractivity contribution in [3.63, 3.8) is 0 Å². The summed E-state index contributed by atoms with van der Waals surface area (Å²) in [5.74, 6) is 1.52. The summed E-state index contributed by atoms with van der Waals surface area (Å²) < 4.78 is 35.1. The molecular weight excluding hydrogens is 478 g/mol. The Hall–Kier alpha value is -3.27. The molecule has 2 aliphatic rings. The lowest BCUT2D eigenvalue weighted by Gasteiger charge is -2.33. The molecule has 0 bridgehead atoms. The van der Waals surface area contributed by atoms with Crippen LogP contribution in [0.5, 0.6) is 23.0 Å². The van der Waals surface area contributed by atoms with E-state index in [1.807, 2.05) is 24.3 Å². The molecule has 2 aromatic carbocycles. The molecule has 0 saturated heterocycles. The summed E-state index contributed by atoms with van der Waals surface area (Å²) in [5, 5.41) is 13.7. The summed E-state index contributed by atoms with van der Waals surface area (Å²) in [7, 11) is 0. The van der Waals surface area contributed by atoms with E-state index in [9.17, 15) is 10.0 Å². The molecule has 0 aliphatic carbocycles. The van der Waals surface area contributed by atoms with Crippen molar-refractivity contribution in [1.29, 1.82) is 0 Å². The van der Waals surface area contributed by atoms with Crippen LogP contribution in [0, 0.1) is 0 Å². The quantitative estimate of drug-likeness (QED) is 0.558. The summed E-state index contributed by atoms with van der Waals surface area (Å²) in [6.07, 6.45) is 0.874. The molecule has 199 valence electrons. The van der Waals surface area contributed by atoms with Crippen LogP contribution in [0.3, 0.4) is 0 Å². The number of hydrogen-bond acceptors (Lipinski definition) is 8. The number of esters is 1. The highest BCUT2D eigenvalue weighted by atomic mass is 16.6. The van der Waals surface area contributed by atoms with E-state index in [0.29, 0.717) is 55.0 Å². The molecule has 2 aliphatic heterocycles. The minimum Gasteiger partial charge on any atom is -0.487 e. The van der Waals surface area contributed by atoms with Crippen molar-refractivity contribution in [2.45, 2.75) is 44.9 Å². The van der Waals surface area contributed by atoms with Gasteiger partial charge in [-0.1, -0.05) is 24.3 Å². The Labute approximate surface area is 217 Å². The summed E-state index contributed by atoms with van der Waals surface area (Å²) in [6, 6.07) is 14.5. The number of para-hydroxylation sites is 4. The van der Waals surface area contributed by atoms with Crippen molar-refractivity contribution in [1.82, 2.24) is 5.06 Å². The van der Waals surface area contributed by atoms with Crippen LogP contribution in [0.4, 0.5) is 0 Å². The van der Waals surface area contributed by atoms with Crippen molar-refractivity contribution < 1.29 is 38.4 Å². The third-order valence-corrected chi connectivity index (χ3v) is 6.20. The maximum Gasteiger partial charge on any atom is 0.336 e. The Balaban J connectivity index is 1.56. The van der Waals surface area contributed by atoms with Gasteiger partial charge in [-0.15, -0.1) is 10.3 Å². The topological polar surface area (TPSA) is 95.6 Å². The minimum absolute atomic E-state index is 0.00380. The van der Waals surface area contributed by atoms with Crippen LogP contribution in [0.25, 0.3) is 0 Å². The molecule has 0 N–H and O–H groups in total. The zero-order chi connectivity index (χ0) is 26.5. The Morgan fingerprint density at radius 1 is 0.784 bits per heavy atom. The smallest absolute Gasteiger partial charge is 0.336 e. The van der Waals surface area contributed by atoms with Gasteiger partial charge in [0, 0.05) is 0 Å². The number of hydrogen-bond donors (Lipinski definition) is 0. The fourth-order valence-corrected chi connectivity index (χ4v) is 4.32. The maximum atomic E-state index is 13.3. The molecule has 0 aromatic heterocycles. The van der Waals surface area contributed by atoms with Crippen LogP contribution >= 0.6 is 0 Å². The van der Waals surface area contributed by atoms with Gasteiger partial charge >= 0.3 is 5.97 Å². The molecule has 0 fully saturated rings. The predicted octanol–water partition coefficient (Wildman–Crippen LogP) is 3.99. The first-order chi connectivity index (χ1) is 17.7. The minimum atomic E-state index is -1.04. The number of fused-ring (bicyclic) bond motifs is 2. The second-order valence-electron chi connectivity index (χ2n) is 9.92. The van der Waals surface area contributed by atoms with Gasteiger partial charge in [0.2, 0.25) is 0 Å². The molecular formula is C28H34NO8. The van der Waals surface area contributed by atoms with Gasteiger partial charge in [-0.2, -0.15) is 0 Å². The standard InChI is InChI=1S/C28H34NO8/c1-27(2)17-21(28(3,4)29(27)31)26(30)37-20-18-35-24-11-7-5-9-22(24)33-15-13-32-14-16-34-23-10-6-8-12-25(23)36-19-20/h5-12,17,20H,13-16,18-19H2,1-4H3. The maximum absolute atomic E-state index is 13.3. The summed E-state index contributed by atoms with van der Waals surface area (Å²) in [6.45, 7) is 8.39. The van der Waals surface area contributed by atoms with Gasteiger partial charge in [-0.25, -0.2) is 4.79 Å². The van der Waals surface area contributed by atoms with Gasteiger partial charge in [0.15, 0.2) is 29.1 Å². The van der Waals surface area contributed by atoms with E-state index >= 15 is 0 Å².